The highest BCUT2D eigenvalue weighted by molar-refractivity contribution is 7.86. The number of H-pyrrole nitrogens is 2. The summed E-state index contributed by atoms with van der Waals surface area (Å²) in [6, 6.07) is 10.2. The van der Waals surface area contributed by atoms with Gasteiger partial charge in [0.2, 0.25) is 0 Å². The van der Waals surface area contributed by atoms with E-state index in [2.05, 4.69) is 30.1 Å². The number of rotatable bonds is 5. The molecule has 0 unspecified atom stereocenters. The van der Waals surface area contributed by atoms with E-state index in [0.717, 1.165) is 6.08 Å². The largest absolute Gasteiger partial charge is 0.507 e. The van der Waals surface area contributed by atoms with E-state index in [1.54, 1.807) is 24.4 Å². The van der Waals surface area contributed by atoms with Crippen LogP contribution in [0.25, 0.3) is 17.1 Å². The predicted molar refractivity (Wildman–Crippen MR) is 119 cm³/mol. The van der Waals surface area contributed by atoms with E-state index in [-0.39, 0.29) is 16.2 Å². The smallest absolute Gasteiger partial charge is 0.339 e. The molecule has 0 saturated heterocycles. The normalized spacial score (nSPS) is 10.7. The molecule has 0 bridgehead atoms. The number of aliphatic carboxylic acids is 1. The average molecular weight is 489 g/mol. The van der Waals surface area contributed by atoms with Gasteiger partial charge in [-0.05, 0) is 36.4 Å². The molecule has 7 N–H and O–H groups in total. The number of nitrogens with zero attached hydrogens (tertiary/aromatic N) is 2. The first-order valence-electron chi connectivity index (χ1n) is 9.11. The summed E-state index contributed by atoms with van der Waals surface area (Å²) in [6.07, 6.45) is 6.99. The van der Waals surface area contributed by atoms with Crippen LogP contribution in [0, 0.1) is 0 Å². The molecular formula is C20H19N5O8S. The lowest BCUT2D eigenvalue weighted by Gasteiger charge is -1.99. The molecule has 0 fully saturated rings. The zero-order valence-electron chi connectivity index (χ0n) is 17.2. The number of hydrogen-bond acceptors (Lipinski definition) is 9. The molecule has 2 aromatic heterocycles. The summed E-state index contributed by atoms with van der Waals surface area (Å²) in [5.41, 5.74) is 1.91. The van der Waals surface area contributed by atoms with Gasteiger partial charge in [0.05, 0.1) is 40.5 Å². The Bertz CT molecular complexity index is 1380. The van der Waals surface area contributed by atoms with Crippen LogP contribution < -0.4 is 5.90 Å². The van der Waals surface area contributed by atoms with E-state index in [9.17, 15) is 18.0 Å². The minimum Gasteiger partial charge on any atom is -0.507 e. The van der Waals surface area contributed by atoms with Gasteiger partial charge in [0.25, 0.3) is 0 Å². The highest BCUT2D eigenvalue weighted by atomic mass is 32.2. The number of hydrogen-bond donors (Lipinski definition) is 6. The lowest BCUT2D eigenvalue weighted by atomic mass is 10.2. The van der Waals surface area contributed by atoms with Crippen LogP contribution in [0.3, 0.4) is 0 Å². The number of imidazole rings is 2. The van der Waals surface area contributed by atoms with Crippen LogP contribution in [-0.2, 0) is 19.2 Å². The Morgan fingerprint density at radius 2 is 1.79 bits per heavy atom. The molecule has 0 radical (unpaired) electrons. The van der Waals surface area contributed by atoms with Crippen molar-refractivity contribution in [3.8, 4) is 5.75 Å². The maximum Gasteiger partial charge on any atom is 0.339 e. The van der Waals surface area contributed by atoms with Gasteiger partial charge in [-0.2, -0.15) is 18.6 Å². The third kappa shape index (κ3) is 7.56. The molecule has 0 amide bonds. The van der Waals surface area contributed by atoms with E-state index < -0.39 is 22.1 Å². The molecule has 0 atom stereocenters. The van der Waals surface area contributed by atoms with Crippen molar-refractivity contribution in [2.75, 3.05) is 0 Å². The molecule has 0 aliphatic rings. The molecule has 14 heteroatoms. The summed E-state index contributed by atoms with van der Waals surface area (Å²) < 4.78 is 26.3. The van der Waals surface area contributed by atoms with Crippen molar-refractivity contribution in [1.29, 1.82) is 0 Å². The Morgan fingerprint density at radius 1 is 1.06 bits per heavy atom. The number of carbonyl (C=O) groups is 2. The number of aromatic nitrogens is 4. The first kappa shape index (κ1) is 25.7. The number of aromatic amines is 2. The van der Waals surface area contributed by atoms with Crippen LogP contribution in [0.1, 0.15) is 16.1 Å². The zero-order valence-corrected chi connectivity index (χ0v) is 18.0. The van der Waals surface area contributed by atoms with Crippen molar-refractivity contribution in [1.82, 2.24) is 19.9 Å². The second-order valence-electron chi connectivity index (χ2n) is 6.13. The molecule has 4 aromatic rings. The summed E-state index contributed by atoms with van der Waals surface area (Å²) in [5.74, 6) is 2.37. The van der Waals surface area contributed by atoms with Gasteiger partial charge in [-0.3, -0.25) is 0 Å². The number of carboxylic acid groups (broad SMARTS) is 2. The average Bonchev–Trinajstić information content (AvgIpc) is 3.50. The van der Waals surface area contributed by atoms with Gasteiger partial charge in [0.15, 0.2) is 0 Å². The SMILES string of the molecule is NOS(=O)(=O)c1ccc2nc[nH]c2c1.O=C(O)C=Cc1cnc[nH]1.O=C(O)c1ccccc1O. The van der Waals surface area contributed by atoms with E-state index >= 15 is 0 Å². The number of fused-ring (bicyclic) bond motifs is 1. The van der Waals surface area contributed by atoms with Gasteiger partial charge in [-0.15, -0.1) is 0 Å². The van der Waals surface area contributed by atoms with Gasteiger partial charge >= 0.3 is 22.1 Å². The lowest BCUT2D eigenvalue weighted by molar-refractivity contribution is -0.131. The van der Waals surface area contributed by atoms with Crippen LogP contribution in [0.5, 0.6) is 5.75 Å². The molecular weight excluding hydrogens is 470 g/mol. The molecule has 178 valence electrons. The van der Waals surface area contributed by atoms with Crippen molar-refractivity contribution >= 4 is 39.2 Å². The van der Waals surface area contributed by atoms with Gasteiger partial charge in [0.1, 0.15) is 11.3 Å². The van der Waals surface area contributed by atoms with Gasteiger partial charge in [0, 0.05) is 6.08 Å². The number of aromatic carboxylic acids is 1. The predicted octanol–water partition coefficient (Wildman–Crippen LogP) is 1.74. The van der Waals surface area contributed by atoms with Crippen LogP contribution in [0.15, 0.2) is 72.3 Å². The number of aromatic hydroxyl groups is 1. The maximum absolute atomic E-state index is 11.2. The Labute approximate surface area is 192 Å². The molecule has 0 saturated carbocycles. The molecule has 4 rings (SSSR count). The highest BCUT2D eigenvalue weighted by Crippen LogP contribution is 2.16. The van der Waals surface area contributed by atoms with Gasteiger partial charge in [-0.1, -0.05) is 12.1 Å². The molecule has 13 nitrogen and oxygen atoms in total. The van der Waals surface area contributed by atoms with Crippen molar-refractivity contribution < 1.29 is 37.6 Å². The van der Waals surface area contributed by atoms with E-state index in [1.165, 1.54) is 43.0 Å². The minimum absolute atomic E-state index is 0.00301. The van der Waals surface area contributed by atoms with Crippen LogP contribution in [-0.4, -0.2) is 55.6 Å². The van der Waals surface area contributed by atoms with Crippen molar-refractivity contribution in [2.24, 2.45) is 5.90 Å². The first-order valence-corrected chi connectivity index (χ1v) is 10.5. The molecule has 0 spiro atoms. The number of benzene rings is 2. The topological polar surface area (TPSA) is 222 Å². The van der Waals surface area contributed by atoms with E-state index in [1.807, 2.05) is 0 Å². The fraction of sp³-hybridized carbons (Fsp3) is 0. The zero-order chi connectivity index (χ0) is 25.1. The molecule has 2 heterocycles. The molecule has 2 aromatic carbocycles. The summed E-state index contributed by atoms with van der Waals surface area (Å²) in [5, 5.41) is 25.5. The van der Waals surface area contributed by atoms with Crippen LogP contribution >= 0.6 is 0 Å². The Hall–Kier alpha value is -4.53. The van der Waals surface area contributed by atoms with Crippen molar-refractivity contribution in [3.05, 3.63) is 78.6 Å². The maximum atomic E-state index is 11.2. The second kappa shape index (κ2) is 11.9. The summed E-state index contributed by atoms with van der Waals surface area (Å²) in [4.78, 5) is 33.4. The first-order chi connectivity index (χ1) is 16.1. The molecule has 34 heavy (non-hydrogen) atoms. The molecule has 0 aliphatic heterocycles. The Kier molecular flexibility index (Phi) is 9.01. The number of carboxylic acids is 2. The van der Waals surface area contributed by atoms with E-state index in [4.69, 9.17) is 15.3 Å². The number of para-hydroxylation sites is 1. The van der Waals surface area contributed by atoms with Gasteiger partial charge < -0.3 is 25.3 Å². The third-order valence-electron chi connectivity index (χ3n) is 3.87. The van der Waals surface area contributed by atoms with Crippen molar-refractivity contribution in [3.63, 3.8) is 0 Å². The fourth-order valence-electron chi connectivity index (χ4n) is 2.30. The second-order valence-corrected chi connectivity index (χ2v) is 7.70. The van der Waals surface area contributed by atoms with Crippen LogP contribution in [0.4, 0.5) is 0 Å². The standard InChI is InChI=1S/C7H7N3O3S.C7H6O3.C6H6N2O2/c8-13-14(11,12)5-1-2-6-7(3-5)10-4-9-6;8-6-4-2-1-3-5(6)7(9)10;9-6(10)2-1-5-3-7-4-8-5/h1-4H,8H2,(H,9,10);1-4,8H,(H,9,10);1-4H,(H,7,8)(H,9,10). The monoisotopic (exact) mass is 489 g/mol. The Balaban J connectivity index is 0.000000185. The van der Waals surface area contributed by atoms with Crippen LogP contribution in [0.2, 0.25) is 0 Å². The number of nitrogens with two attached hydrogens (primary N) is 1. The highest BCUT2D eigenvalue weighted by Gasteiger charge is 2.14. The summed E-state index contributed by atoms with van der Waals surface area (Å²) in [6.45, 7) is 0. The summed E-state index contributed by atoms with van der Waals surface area (Å²) in [7, 11) is -3.84. The lowest BCUT2D eigenvalue weighted by Crippen LogP contribution is -2.10. The van der Waals surface area contributed by atoms with Crippen molar-refractivity contribution in [2.45, 2.75) is 4.90 Å². The quantitative estimate of drug-likeness (QED) is 0.175. The third-order valence-corrected chi connectivity index (χ3v) is 4.95. The number of nitrogens with one attached hydrogen (secondary N) is 2. The van der Waals surface area contributed by atoms with E-state index in [0.29, 0.717) is 16.7 Å². The Morgan fingerprint density at radius 3 is 2.35 bits per heavy atom. The van der Waals surface area contributed by atoms with Gasteiger partial charge in [-0.25, -0.2) is 19.6 Å². The number of phenols is 1. The minimum atomic E-state index is -3.84. The fourth-order valence-corrected chi connectivity index (χ4v) is 2.91. The summed E-state index contributed by atoms with van der Waals surface area (Å²) >= 11 is 0. The molecule has 0 aliphatic carbocycles.